The van der Waals surface area contributed by atoms with Crippen LogP contribution in [0.2, 0.25) is 0 Å². The minimum absolute atomic E-state index is 0. The van der Waals surface area contributed by atoms with Crippen LogP contribution in [0.3, 0.4) is 0 Å². The van der Waals surface area contributed by atoms with Crippen LogP contribution >= 0.6 is 12.4 Å². The third-order valence-corrected chi connectivity index (χ3v) is 11.6. The molecule has 14 nitrogen and oxygen atoms in total. The van der Waals surface area contributed by atoms with Crippen molar-refractivity contribution in [1.82, 2.24) is 40.2 Å². The van der Waals surface area contributed by atoms with Crippen LogP contribution in [0.15, 0.2) is 130 Å². The van der Waals surface area contributed by atoms with E-state index in [1.165, 1.54) is 97.6 Å². The molecule has 0 aliphatic heterocycles. The molecule has 296 valence electrons. The molecule has 1 unspecified atom stereocenters. The van der Waals surface area contributed by atoms with Crippen LogP contribution in [0.1, 0.15) is 32.2 Å². The number of carbonyl (C=O) groups is 1. The van der Waals surface area contributed by atoms with E-state index in [4.69, 9.17) is 0 Å². The molecule has 3 N–H and O–H groups in total. The Morgan fingerprint density at radius 1 is 0.750 bits per heavy atom. The number of benzene rings is 2. The molecule has 19 heteroatoms. The number of amides is 1. The van der Waals surface area contributed by atoms with Crippen LogP contribution in [0.5, 0.6) is 0 Å². The van der Waals surface area contributed by atoms with Crippen molar-refractivity contribution in [3.05, 3.63) is 133 Å². The number of nitrogens with one attached hydrogen (secondary N) is 2. The summed E-state index contributed by atoms with van der Waals surface area (Å²) in [6.07, 6.45) is 4.32. The molecule has 0 spiro atoms. The highest BCUT2D eigenvalue weighted by Crippen LogP contribution is 2.29. The van der Waals surface area contributed by atoms with Crippen LogP contribution in [0, 0.1) is 17.0 Å². The number of rotatable bonds is 11. The van der Waals surface area contributed by atoms with Gasteiger partial charge in [0.1, 0.15) is 23.0 Å². The van der Waals surface area contributed by atoms with E-state index in [9.17, 15) is 35.5 Å². The topological polar surface area (TPSA) is 191 Å². The fraction of sp³-hybridized carbons (Fsp3) is 0.216. The molecule has 6 aromatic rings. The Labute approximate surface area is 328 Å². The van der Waals surface area contributed by atoms with Gasteiger partial charge in [-0.2, -0.15) is 10.2 Å². The maximum atomic E-state index is 14.5. The third kappa shape index (κ3) is 9.81. The molecule has 56 heavy (non-hydrogen) atoms. The number of aromatic nitrogens is 6. The average Bonchev–Trinajstić information content (AvgIpc) is 3.78. The molecule has 0 bridgehead atoms. The van der Waals surface area contributed by atoms with Gasteiger partial charge in [0.25, 0.3) is 0 Å². The van der Waals surface area contributed by atoms with Crippen molar-refractivity contribution in [1.29, 1.82) is 0 Å². The van der Waals surface area contributed by atoms with E-state index in [0.717, 1.165) is 9.36 Å². The number of sulfone groups is 2. The van der Waals surface area contributed by atoms with Gasteiger partial charge in [-0.05, 0) is 67.1 Å². The normalized spacial score (nSPS) is 12.2. The molecule has 4 aromatic heterocycles. The summed E-state index contributed by atoms with van der Waals surface area (Å²) in [6.45, 7) is 5.93. The smallest absolute Gasteiger partial charge is 0.404 e. The van der Waals surface area contributed by atoms with Crippen molar-refractivity contribution in [2.75, 3.05) is 7.05 Å². The molecule has 0 saturated carbocycles. The minimum atomic E-state index is -4.07. The van der Waals surface area contributed by atoms with Gasteiger partial charge in [0, 0.05) is 49.9 Å². The standard InChI is InChI=1S/C21H23FN4O4S.C16H15FN4O2S.ClH/c1-21(2,3)18(24-20(27)28)11-14-12-19(31(29,30)15-7-6-10-23-13-15)26(25-14)17-9-5-4-8-16(17)22;1-18-10-12-9-16(24(22,23)13-5-4-8-19-11-13)21(20-12)15-7-3-2-6-14(15)17;/h4-10,12-13,18,24H,11H2,1-3H3,(H,27,28);2-9,11,18H,10H2,1H3;1H. The molecule has 1 atom stereocenters. The molecular formula is C37H39ClF2N8O6S2. The van der Waals surface area contributed by atoms with E-state index in [1.54, 1.807) is 19.2 Å². The first-order chi connectivity index (χ1) is 26.0. The molecule has 0 fully saturated rings. The molecule has 0 aliphatic carbocycles. The van der Waals surface area contributed by atoms with Crippen molar-refractivity contribution >= 4 is 38.2 Å². The third-order valence-electron chi connectivity index (χ3n) is 8.17. The van der Waals surface area contributed by atoms with Crippen molar-refractivity contribution in [3.8, 4) is 11.4 Å². The number of pyridine rings is 2. The van der Waals surface area contributed by atoms with E-state index >= 15 is 0 Å². The maximum Gasteiger partial charge on any atom is 0.404 e. The minimum Gasteiger partial charge on any atom is -0.465 e. The first kappa shape index (κ1) is 43.2. The van der Waals surface area contributed by atoms with Gasteiger partial charge < -0.3 is 15.7 Å². The SMILES string of the molecule is CC(C)(C)C(Cc1cc(S(=O)(=O)c2cccnc2)n(-c2ccccc2F)n1)NC(=O)O.CNCc1cc(S(=O)(=O)c2cccnc2)n(-c2ccccc2F)n1.Cl. The first-order valence-corrected chi connectivity index (χ1v) is 19.6. The van der Waals surface area contributed by atoms with E-state index in [0.29, 0.717) is 17.9 Å². The highest BCUT2D eigenvalue weighted by molar-refractivity contribution is 7.91. The van der Waals surface area contributed by atoms with Gasteiger partial charge in [-0.1, -0.05) is 45.0 Å². The summed E-state index contributed by atoms with van der Waals surface area (Å²) in [5.74, 6) is -1.20. The van der Waals surface area contributed by atoms with Gasteiger partial charge in [0.2, 0.25) is 19.7 Å². The fourth-order valence-electron chi connectivity index (χ4n) is 5.35. The highest BCUT2D eigenvalue weighted by atomic mass is 35.5. The molecule has 0 radical (unpaired) electrons. The van der Waals surface area contributed by atoms with Crippen molar-refractivity contribution < 1.29 is 35.5 Å². The molecule has 4 heterocycles. The zero-order valence-electron chi connectivity index (χ0n) is 30.5. The highest BCUT2D eigenvalue weighted by Gasteiger charge is 2.31. The Bertz CT molecular complexity index is 2500. The second kappa shape index (κ2) is 17.9. The lowest BCUT2D eigenvalue weighted by Gasteiger charge is -2.29. The van der Waals surface area contributed by atoms with Gasteiger partial charge in [-0.25, -0.2) is 39.8 Å². The first-order valence-electron chi connectivity index (χ1n) is 16.7. The Morgan fingerprint density at radius 3 is 1.59 bits per heavy atom. The number of para-hydroxylation sites is 2. The molecule has 1 amide bonds. The van der Waals surface area contributed by atoms with Crippen LogP contribution in [0.25, 0.3) is 11.4 Å². The van der Waals surface area contributed by atoms with E-state index < -0.39 is 48.9 Å². The summed E-state index contributed by atoms with van der Waals surface area (Å²) in [6, 6.07) is 19.7. The van der Waals surface area contributed by atoms with E-state index in [-0.39, 0.29) is 50.0 Å². The summed E-state index contributed by atoms with van der Waals surface area (Å²) in [5, 5.41) is 22.8. The summed E-state index contributed by atoms with van der Waals surface area (Å²) >= 11 is 0. The molecule has 0 saturated heterocycles. The quantitative estimate of drug-likeness (QED) is 0.142. The van der Waals surface area contributed by atoms with Gasteiger partial charge in [-0.3, -0.25) is 9.97 Å². The van der Waals surface area contributed by atoms with E-state index in [1.807, 2.05) is 20.8 Å². The largest absolute Gasteiger partial charge is 0.465 e. The number of carboxylic acid groups (broad SMARTS) is 1. The van der Waals surface area contributed by atoms with Gasteiger partial charge in [0.15, 0.2) is 10.1 Å². The van der Waals surface area contributed by atoms with Gasteiger partial charge in [-0.15, -0.1) is 12.4 Å². The molecular weight excluding hydrogens is 790 g/mol. The zero-order chi connectivity index (χ0) is 40.0. The number of hydrogen-bond donors (Lipinski definition) is 3. The fourth-order valence-corrected chi connectivity index (χ4v) is 8.06. The summed E-state index contributed by atoms with van der Waals surface area (Å²) in [4.78, 5) is 18.9. The van der Waals surface area contributed by atoms with Gasteiger partial charge >= 0.3 is 6.09 Å². The van der Waals surface area contributed by atoms with E-state index in [2.05, 4.69) is 30.8 Å². The van der Waals surface area contributed by atoms with Crippen LogP contribution in [-0.2, 0) is 32.6 Å². The van der Waals surface area contributed by atoms with Crippen molar-refractivity contribution in [2.24, 2.45) is 5.41 Å². The van der Waals surface area contributed by atoms with Gasteiger partial charge in [0.05, 0.1) is 21.2 Å². The lowest BCUT2D eigenvalue weighted by Crippen LogP contribution is -2.44. The average molecular weight is 829 g/mol. The second-order valence-corrected chi connectivity index (χ2v) is 17.0. The van der Waals surface area contributed by atoms with Crippen LogP contribution < -0.4 is 10.6 Å². The predicted molar refractivity (Wildman–Crippen MR) is 205 cm³/mol. The number of hydrogen-bond acceptors (Lipinski definition) is 10. The number of halogens is 3. The zero-order valence-corrected chi connectivity index (χ0v) is 33.0. The predicted octanol–water partition coefficient (Wildman–Crippen LogP) is 5.84. The van der Waals surface area contributed by atoms with Crippen LogP contribution in [0.4, 0.5) is 13.6 Å². The lowest BCUT2D eigenvalue weighted by atomic mass is 9.84. The molecule has 6 rings (SSSR count). The van der Waals surface area contributed by atoms with Crippen molar-refractivity contribution in [2.45, 2.75) is 59.6 Å². The molecule has 0 aliphatic rings. The Kier molecular flexibility index (Phi) is 13.8. The Hall–Kier alpha value is -5.56. The summed E-state index contributed by atoms with van der Waals surface area (Å²) < 4.78 is 83.2. The van der Waals surface area contributed by atoms with Crippen molar-refractivity contribution in [3.63, 3.8) is 0 Å². The number of nitrogens with zero attached hydrogens (tertiary/aromatic N) is 6. The monoisotopic (exact) mass is 828 g/mol. The Morgan fingerprint density at radius 2 is 1.20 bits per heavy atom. The maximum absolute atomic E-state index is 14.5. The van der Waals surface area contributed by atoms with Crippen LogP contribution in [-0.4, -0.2) is 70.7 Å². The Balaban J connectivity index is 0.000000252. The summed E-state index contributed by atoms with van der Waals surface area (Å²) in [5.41, 5.74) is 0.363. The summed E-state index contributed by atoms with van der Waals surface area (Å²) in [7, 11) is -6.24. The molecule has 2 aromatic carbocycles. The lowest BCUT2D eigenvalue weighted by molar-refractivity contribution is 0.174. The second-order valence-electron chi connectivity index (χ2n) is 13.2.